The van der Waals surface area contributed by atoms with Crippen LogP contribution in [0, 0.1) is 5.92 Å². The second-order valence-electron chi connectivity index (χ2n) is 8.69. The summed E-state index contributed by atoms with van der Waals surface area (Å²) in [5.41, 5.74) is 7.72. The van der Waals surface area contributed by atoms with Crippen LogP contribution in [0.5, 0.6) is 5.75 Å². The number of primary amides is 1. The number of hydrogen-bond donors (Lipinski definition) is 3. The molecule has 0 bridgehead atoms. The molecule has 1 aromatic carbocycles. The Balaban J connectivity index is 1.45. The van der Waals surface area contributed by atoms with E-state index >= 15 is 0 Å². The van der Waals surface area contributed by atoms with Gasteiger partial charge in [-0.25, -0.2) is 0 Å². The normalized spacial score (nSPS) is 19.2. The molecule has 1 aliphatic carbocycles. The lowest BCUT2D eigenvalue weighted by Gasteiger charge is -2.17. The van der Waals surface area contributed by atoms with Gasteiger partial charge in [-0.3, -0.25) is 14.3 Å². The molecule has 0 spiro atoms. The highest BCUT2D eigenvalue weighted by atomic mass is 16.5. The molecule has 1 aliphatic heterocycles. The van der Waals surface area contributed by atoms with Crippen molar-refractivity contribution in [1.82, 2.24) is 20.0 Å². The SMILES string of the molecule is COc1c(Nc2cc(NC(=O)C3CC3)nnc2C(N)=O)cccc1-c1ccn(C2COC[C@H]2OC)n1. The number of nitrogens with zero attached hydrogens (tertiary/aromatic N) is 4. The zero-order valence-electron chi connectivity index (χ0n) is 19.9. The number of carbonyl (C=O) groups excluding carboxylic acids is 2. The van der Waals surface area contributed by atoms with Gasteiger partial charge in [-0.2, -0.15) is 5.10 Å². The average molecular weight is 494 g/mol. The monoisotopic (exact) mass is 493 g/mol. The van der Waals surface area contributed by atoms with Gasteiger partial charge in [0.25, 0.3) is 5.91 Å². The molecular weight excluding hydrogens is 466 g/mol. The number of rotatable bonds is 9. The van der Waals surface area contributed by atoms with E-state index in [-0.39, 0.29) is 41.2 Å². The van der Waals surface area contributed by atoms with Crippen LogP contribution in [0.4, 0.5) is 17.2 Å². The maximum atomic E-state index is 12.2. The van der Waals surface area contributed by atoms with E-state index < -0.39 is 5.91 Å². The molecule has 2 aliphatic rings. The number of benzene rings is 1. The van der Waals surface area contributed by atoms with E-state index in [0.29, 0.717) is 30.3 Å². The van der Waals surface area contributed by atoms with Gasteiger partial charge in [-0.15, -0.1) is 10.2 Å². The van der Waals surface area contributed by atoms with Crippen molar-refractivity contribution >= 4 is 29.0 Å². The van der Waals surface area contributed by atoms with Gasteiger partial charge in [0.1, 0.15) is 12.1 Å². The summed E-state index contributed by atoms with van der Waals surface area (Å²) in [5.74, 6) is -0.166. The third-order valence-corrected chi connectivity index (χ3v) is 6.24. The molecule has 1 saturated carbocycles. The number of nitrogens with two attached hydrogens (primary N) is 1. The molecule has 2 atom stereocenters. The van der Waals surface area contributed by atoms with Gasteiger partial charge in [0.15, 0.2) is 17.3 Å². The van der Waals surface area contributed by atoms with Crippen molar-refractivity contribution < 1.29 is 23.8 Å². The van der Waals surface area contributed by atoms with Crippen LogP contribution >= 0.6 is 0 Å². The summed E-state index contributed by atoms with van der Waals surface area (Å²) < 4.78 is 18.6. The van der Waals surface area contributed by atoms with E-state index in [1.165, 1.54) is 6.07 Å². The van der Waals surface area contributed by atoms with Crippen LogP contribution in [0.25, 0.3) is 11.3 Å². The second-order valence-corrected chi connectivity index (χ2v) is 8.69. The molecule has 2 fully saturated rings. The summed E-state index contributed by atoms with van der Waals surface area (Å²) in [5, 5.41) is 18.5. The molecule has 2 amide bonds. The number of anilines is 3. The predicted molar refractivity (Wildman–Crippen MR) is 130 cm³/mol. The Labute approximate surface area is 207 Å². The molecule has 4 N–H and O–H groups in total. The van der Waals surface area contributed by atoms with Gasteiger partial charge in [0, 0.05) is 30.9 Å². The largest absolute Gasteiger partial charge is 0.494 e. The zero-order valence-corrected chi connectivity index (χ0v) is 19.9. The number of nitrogens with one attached hydrogen (secondary N) is 2. The fourth-order valence-electron chi connectivity index (χ4n) is 4.17. The maximum absolute atomic E-state index is 12.2. The van der Waals surface area contributed by atoms with Crippen LogP contribution < -0.4 is 21.1 Å². The molecule has 12 heteroatoms. The minimum Gasteiger partial charge on any atom is -0.494 e. The smallest absolute Gasteiger partial charge is 0.271 e. The molecule has 1 saturated heterocycles. The fourth-order valence-corrected chi connectivity index (χ4v) is 4.17. The van der Waals surface area contributed by atoms with Crippen molar-refractivity contribution in [3.05, 3.63) is 42.2 Å². The summed E-state index contributed by atoms with van der Waals surface area (Å²) in [4.78, 5) is 24.2. The van der Waals surface area contributed by atoms with Crippen LogP contribution in [-0.4, -0.2) is 65.3 Å². The van der Waals surface area contributed by atoms with Crippen LogP contribution in [0.1, 0.15) is 29.4 Å². The Hall–Kier alpha value is -4.03. The Morgan fingerprint density at radius 2 is 1.97 bits per heavy atom. The van der Waals surface area contributed by atoms with Gasteiger partial charge >= 0.3 is 0 Å². The molecule has 5 rings (SSSR count). The highest BCUT2D eigenvalue weighted by Gasteiger charge is 2.31. The minimum absolute atomic E-state index is 0.00873. The first-order chi connectivity index (χ1) is 17.5. The van der Waals surface area contributed by atoms with Crippen molar-refractivity contribution in [2.45, 2.75) is 25.0 Å². The number of methoxy groups -OCH3 is 2. The number of hydrogen-bond acceptors (Lipinski definition) is 9. The van der Waals surface area contributed by atoms with E-state index in [0.717, 1.165) is 18.4 Å². The molecule has 3 aromatic rings. The molecule has 3 heterocycles. The van der Waals surface area contributed by atoms with Gasteiger partial charge in [0.2, 0.25) is 5.91 Å². The highest BCUT2D eigenvalue weighted by Crippen LogP contribution is 2.38. The average Bonchev–Trinajstić information content (AvgIpc) is 3.42. The summed E-state index contributed by atoms with van der Waals surface area (Å²) in [6.45, 7) is 1.03. The lowest BCUT2D eigenvalue weighted by Crippen LogP contribution is -2.24. The summed E-state index contributed by atoms with van der Waals surface area (Å²) >= 11 is 0. The standard InChI is InChI=1S/C24H27N7O5/c1-34-19-12-36-11-18(19)31-9-8-15(30-31)14-4-3-5-16(22(14)35-2)26-17-10-20(27-24(33)13-6-7-13)28-29-21(17)23(25)32/h3-5,8-10,13,18-19H,6-7,11-12H2,1-2H3,(H2,25,32)(H2,26,27,28,33)/t18?,19-/m1/s1. The minimum atomic E-state index is -0.759. The van der Waals surface area contributed by atoms with Crippen LogP contribution in [-0.2, 0) is 14.3 Å². The van der Waals surface area contributed by atoms with Crippen LogP contribution in [0.3, 0.4) is 0 Å². The summed E-state index contributed by atoms with van der Waals surface area (Å²) in [6, 6.07) is 8.90. The molecule has 1 unspecified atom stereocenters. The lowest BCUT2D eigenvalue weighted by atomic mass is 10.1. The number of para-hydroxylation sites is 1. The third kappa shape index (κ3) is 4.72. The maximum Gasteiger partial charge on any atom is 0.271 e. The second kappa shape index (κ2) is 9.91. The van der Waals surface area contributed by atoms with Crippen molar-refractivity contribution in [1.29, 1.82) is 0 Å². The Bertz CT molecular complexity index is 1290. The lowest BCUT2D eigenvalue weighted by molar-refractivity contribution is -0.117. The van der Waals surface area contributed by atoms with Crippen LogP contribution in [0.15, 0.2) is 36.5 Å². The van der Waals surface area contributed by atoms with Crippen molar-refractivity contribution in [3.63, 3.8) is 0 Å². The first-order valence-corrected chi connectivity index (χ1v) is 11.6. The molecule has 36 heavy (non-hydrogen) atoms. The Morgan fingerprint density at radius 1 is 1.14 bits per heavy atom. The van der Waals surface area contributed by atoms with E-state index in [1.807, 2.05) is 29.1 Å². The van der Waals surface area contributed by atoms with E-state index in [4.69, 9.17) is 25.0 Å². The number of carbonyl (C=O) groups is 2. The fraction of sp³-hybridized carbons (Fsp3) is 0.375. The van der Waals surface area contributed by atoms with E-state index in [9.17, 15) is 9.59 Å². The topological polar surface area (TPSA) is 156 Å². The van der Waals surface area contributed by atoms with Gasteiger partial charge in [-0.1, -0.05) is 6.07 Å². The third-order valence-electron chi connectivity index (χ3n) is 6.24. The quantitative estimate of drug-likeness (QED) is 0.406. The van der Waals surface area contributed by atoms with Gasteiger partial charge in [-0.05, 0) is 31.0 Å². The number of aromatic nitrogens is 4. The number of amides is 2. The van der Waals surface area contributed by atoms with Crippen LogP contribution in [0.2, 0.25) is 0 Å². The Morgan fingerprint density at radius 3 is 2.69 bits per heavy atom. The van der Waals surface area contributed by atoms with E-state index in [1.54, 1.807) is 20.3 Å². The molecule has 0 radical (unpaired) electrons. The van der Waals surface area contributed by atoms with Gasteiger partial charge < -0.3 is 30.6 Å². The Kier molecular flexibility index (Phi) is 6.53. The van der Waals surface area contributed by atoms with Crippen molar-refractivity contribution in [3.8, 4) is 17.0 Å². The molecule has 2 aromatic heterocycles. The zero-order chi connectivity index (χ0) is 25.2. The summed E-state index contributed by atoms with van der Waals surface area (Å²) in [7, 11) is 3.21. The van der Waals surface area contributed by atoms with Crippen molar-refractivity contribution in [2.24, 2.45) is 11.7 Å². The van der Waals surface area contributed by atoms with E-state index in [2.05, 4.69) is 20.8 Å². The molecule has 12 nitrogen and oxygen atoms in total. The predicted octanol–water partition coefficient (Wildman–Crippen LogP) is 2.13. The number of ether oxygens (including phenoxy) is 3. The first kappa shape index (κ1) is 23.7. The molecular formula is C24H27N7O5. The van der Waals surface area contributed by atoms with Gasteiger partial charge in [0.05, 0.1) is 37.4 Å². The summed E-state index contributed by atoms with van der Waals surface area (Å²) in [6.07, 6.45) is 3.51. The first-order valence-electron chi connectivity index (χ1n) is 11.6. The molecule has 188 valence electrons. The highest BCUT2D eigenvalue weighted by molar-refractivity contribution is 5.99. The van der Waals surface area contributed by atoms with Crippen molar-refractivity contribution in [2.75, 3.05) is 38.1 Å².